The molecule has 1 amide bonds. The Morgan fingerprint density at radius 2 is 1.92 bits per heavy atom. The summed E-state index contributed by atoms with van der Waals surface area (Å²) in [6.45, 7) is 0.536. The summed E-state index contributed by atoms with van der Waals surface area (Å²) >= 11 is 0. The van der Waals surface area contributed by atoms with Gasteiger partial charge >= 0.3 is 0 Å². The molecule has 2 aliphatic rings. The van der Waals surface area contributed by atoms with Gasteiger partial charge in [0, 0.05) is 33.1 Å². The third-order valence-corrected chi connectivity index (χ3v) is 5.69. The minimum atomic E-state index is 0. The molecule has 3 rings (SSSR count). The molecular formula is C17H31Cl2N5O. The van der Waals surface area contributed by atoms with Crippen molar-refractivity contribution in [2.45, 2.75) is 44.7 Å². The Morgan fingerprint density at radius 1 is 1.32 bits per heavy atom. The normalized spacial score (nSPS) is 27.7. The number of nitrogens with zero attached hydrogens (tertiary/aromatic N) is 3. The smallest absolute Gasteiger partial charge is 0.223 e. The lowest BCUT2D eigenvalue weighted by atomic mass is 9.65. The Labute approximate surface area is 162 Å². The number of nitrogens with two attached hydrogens (primary N) is 1. The first-order chi connectivity index (χ1) is 11.0. The molecule has 0 spiro atoms. The molecule has 6 nitrogen and oxygen atoms in total. The molecule has 0 aromatic carbocycles. The molecule has 2 aliphatic carbocycles. The van der Waals surface area contributed by atoms with Gasteiger partial charge in [-0.1, -0.05) is 6.42 Å². The molecule has 2 atom stereocenters. The molecule has 144 valence electrons. The fourth-order valence-corrected chi connectivity index (χ4v) is 4.34. The highest BCUT2D eigenvalue weighted by atomic mass is 35.5. The van der Waals surface area contributed by atoms with Crippen LogP contribution in [0.2, 0.25) is 0 Å². The summed E-state index contributed by atoms with van der Waals surface area (Å²) in [6.07, 6.45) is 7.40. The van der Waals surface area contributed by atoms with Gasteiger partial charge in [0.25, 0.3) is 0 Å². The number of imidazole rings is 1. The van der Waals surface area contributed by atoms with Gasteiger partial charge in [-0.2, -0.15) is 0 Å². The molecule has 8 heteroatoms. The topological polar surface area (TPSA) is 76.2 Å². The molecule has 1 aromatic heterocycles. The van der Waals surface area contributed by atoms with E-state index >= 15 is 0 Å². The zero-order valence-electron chi connectivity index (χ0n) is 15.3. The number of anilines is 1. The third-order valence-electron chi connectivity index (χ3n) is 5.69. The minimum Gasteiger partial charge on any atom is -0.350 e. The van der Waals surface area contributed by atoms with Crippen LogP contribution in [0.4, 0.5) is 5.95 Å². The summed E-state index contributed by atoms with van der Waals surface area (Å²) in [7, 11) is 5.91. The van der Waals surface area contributed by atoms with E-state index in [2.05, 4.69) is 10.3 Å². The van der Waals surface area contributed by atoms with E-state index < -0.39 is 0 Å². The number of rotatable bonds is 4. The maximum atomic E-state index is 12.6. The van der Waals surface area contributed by atoms with E-state index in [0.717, 1.165) is 24.5 Å². The van der Waals surface area contributed by atoms with Crippen molar-refractivity contribution in [2.24, 2.45) is 30.5 Å². The van der Waals surface area contributed by atoms with E-state index in [9.17, 15) is 4.79 Å². The summed E-state index contributed by atoms with van der Waals surface area (Å²) in [5.74, 6) is 2.28. The summed E-state index contributed by atoms with van der Waals surface area (Å²) in [4.78, 5) is 18.9. The fourth-order valence-electron chi connectivity index (χ4n) is 4.34. The van der Waals surface area contributed by atoms with E-state index in [1.165, 1.54) is 19.3 Å². The lowest BCUT2D eigenvalue weighted by Gasteiger charge is -2.43. The predicted octanol–water partition coefficient (Wildman–Crippen LogP) is 2.10. The number of carbonyl (C=O) groups is 1. The quantitative estimate of drug-likeness (QED) is 0.823. The fraction of sp³-hybridized carbons (Fsp3) is 0.765. The van der Waals surface area contributed by atoms with Gasteiger partial charge in [-0.05, 0) is 37.5 Å². The number of amides is 1. The van der Waals surface area contributed by atoms with Gasteiger partial charge < -0.3 is 20.5 Å². The standard InChI is InChI=1S/C17H29N5O.2ClH/c1-21(2)17-20-10-14(22(17)3)9-19-16(23)13-7-11-5-4-6-12(8-13)15(11)18;;/h10-13,15H,4-9,18H2,1-3H3,(H,19,23);2*1H. The van der Waals surface area contributed by atoms with E-state index in [4.69, 9.17) is 5.73 Å². The van der Waals surface area contributed by atoms with Crippen LogP contribution in [-0.4, -0.2) is 35.6 Å². The number of hydrogen-bond donors (Lipinski definition) is 2. The van der Waals surface area contributed by atoms with Crippen LogP contribution in [0, 0.1) is 17.8 Å². The van der Waals surface area contributed by atoms with Crippen molar-refractivity contribution < 1.29 is 4.79 Å². The monoisotopic (exact) mass is 391 g/mol. The van der Waals surface area contributed by atoms with Gasteiger partial charge in [0.05, 0.1) is 18.4 Å². The van der Waals surface area contributed by atoms with Gasteiger partial charge in [0.15, 0.2) is 0 Å². The first kappa shape index (κ1) is 22.1. The Balaban J connectivity index is 0.00000156. The zero-order chi connectivity index (χ0) is 16.6. The number of fused-ring (bicyclic) bond motifs is 2. The summed E-state index contributed by atoms with van der Waals surface area (Å²) in [6, 6.07) is 0.313. The van der Waals surface area contributed by atoms with Gasteiger partial charge in [0.2, 0.25) is 11.9 Å². The number of hydrogen-bond acceptors (Lipinski definition) is 4. The van der Waals surface area contributed by atoms with Gasteiger partial charge in [-0.15, -0.1) is 24.8 Å². The Morgan fingerprint density at radius 3 is 2.44 bits per heavy atom. The molecule has 0 saturated heterocycles. The Hall–Kier alpha value is -0.980. The molecule has 25 heavy (non-hydrogen) atoms. The highest BCUT2D eigenvalue weighted by molar-refractivity contribution is 5.85. The maximum Gasteiger partial charge on any atom is 0.223 e. The number of halogens is 2. The Kier molecular flexibility index (Phi) is 8.03. The van der Waals surface area contributed by atoms with Crippen molar-refractivity contribution in [2.75, 3.05) is 19.0 Å². The van der Waals surface area contributed by atoms with Crippen LogP contribution in [0.15, 0.2) is 6.20 Å². The molecule has 2 unspecified atom stereocenters. The molecule has 1 heterocycles. The lowest BCUT2D eigenvalue weighted by molar-refractivity contribution is -0.128. The average Bonchev–Trinajstić information content (AvgIpc) is 2.85. The van der Waals surface area contributed by atoms with Crippen LogP contribution in [0.1, 0.15) is 37.8 Å². The number of nitrogens with one attached hydrogen (secondary N) is 1. The van der Waals surface area contributed by atoms with Gasteiger partial charge in [-0.3, -0.25) is 4.79 Å². The summed E-state index contributed by atoms with van der Waals surface area (Å²) in [5.41, 5.74) is 7.34. The van der Waals surface area contributed by atoms with E-state index in [0.29, 0.717) is 24.4 Å². The molecular weight excluding hydrogens is 361 g/mol. The van der Waals surface area contributed by atoms with E-state index in [-0.39, 0.29) is 36.6 Å². The zero-order valence-corrected chi connectivity index (χ0v) is 16.9. The molecule has 0 radical (unpaired) electrons. The predicted molar refractivity (Wildman–Crippen MR) is 105 cm³/mol. The molecule has 0 aliphatic heterocycles. The highest BCUT2D eigenvalue weighted by Gasteiger charge is 2.40. The van der Waals surface area contributed by atoms with Crippen molar-refractivity contribution in [3.63, 3.8) is 0 Å². The van der Waals surface area contributed by atoms with E-state index in [1.54, 1.807) is 0 Å². The molecule has 2 bridgehead atoms. The van der Waals surface area contributed by atoms with Crippen molar-refractivity contribution in [3.05, 3.63) is 11.9 Å². The van der Waals surface area contributed by atoms with Crippen LogP contribution in [0.25, 0.3) is 0 Å². The van der Waals surface area contributed by atoms with Gasteiger partial charge in [-0.25, -0.2) is 4.98 Å². The van der Waals surface area contributed by atoms with Crippen molar-refractivity contribution in [1.29, 1.82) is 0 Å². The van der Waals surface area contributed by atoms with Crippen molar-refractivity contribution in [1.82, 2.24) is 14.9 Å². The summed E-state index contributed by atoms with van der Waals surface area (Å²) in [5, 5.41) is 3.11. The molecule has 1 aromatic rings. The first-order valence-electron chi connectivity index (χ1n) is 8.68. The largest absolute Gasteiger partial charge is 0.350 e. The first-order valence-corrected chi connectivity index (χ1v) is 8.68. The molecule has 2 fully saturated rings. The maximum absolute atomic E-state index is 12.6. The third kappa shape index (κ3) is 4.60. The molecule has 3 N–H and O–H groups in total. The van der Waals surface area contributed by atoms with Crippen LogP contribution in [0.3, 0.4) is 0 Å². The SMILES string of the molecule is CN(C)c1ncc(CNC(=O)C2CC3CCCC(C2)C3N)n1C.Cl.Cl. The second-order valence-corrected chi connectivity index (χ2v) is 7.42. The number of aromatic nitrogens is 2. The van der Waals surface area contributed by atoms with Crippen LogP contribution in [-0.2, 0) is 18.4 Å². The second-order valence-electron chi connectivity index (χ2n) is 7.42. The summed E-state index contributed by atoms with van der Waals surface area (Å²) < 4.78 is 2.02. The number of carbonyl (C=O) groups excluding carboxylic acids is 1. The van der Waals surface area contributed by atoms with Gasteiger partial charge in [0.1, 0.15) is 0 Å². The highest BCUT2D eigenvalue weighted by Crippen LogP contribution is 2.41. The van der Waals surface area contributed by atoms with Crippen molar-refractivity contribution in [3.8, 4) is 0 Å². The average molecular weight is 392 g/mol. The van der Waals surface area contributed by atoms with E-state index in [1.807, 2.05) is 36.8 Å². The van der Waals surface area contributed by atoms with Crippen LogP contribution < -0.4 is 16.0 Å². The van der Waals surface area contributed by atoms with Crippen molar-refractivity contribution >= 4 is 36.7 Å². The Bertz CT molecular complexity index is 563. The minimum absolute atomic E-state index is 0. The molecule has 2 saturated carbocycles. The van der Waals surface area contributed by atoms with Crippen LogP contribution in [0.5, 0.6) is 0 Å². The van der Waals surface area contributed by atoms with Crippen LogP contribution >= 0.6 is 24.8 Å². The lowest BCUT2D eigenvalue weighted by Crippen LogP contribution is -2.49. The second kappa shape index (κ2) is 9.10.